The molecular formula is C11H21B2. The van der Waals surface area contributed by atoms with Crippen LogP contribution in [0.1, 0.15) is 52.4 Å². The van der Waals surface area contributed by atoms with Crippen LogP contribution in [0, 0.1) is 0 Å². The summed E-state index contributed by atoms with van der Waals surface area (Å²) in [5, 5.41) is 0. The Morgan fingerprint density at radius 1 is 1.08 bits per heavy atom. The minimum Gasteiger partial charge on any atom is -0.0774 e. The van der Waals surface area contributed by atoms with Gasteiger partial charge in [-0.3, -0.25) is 0 Å². The first-order chi connectivity index (χ1) is 6.18. The van der Waals surface area contributed by atoms with Crippen molar-refractivity contribution in [2.75, 3.05) is 0 Å². The van der Waals surface area contributed by atoms with E-state index in [1.807, 2.05) is 0 Å². The molecule has 0 saturated heterocycles. The van der Waals surface area contributed by atoms with Crippen molar-refractivity contribution < 1.29 is 0 Å². The lowest BCUT2D eigenvalue weighted by Gasteiger charge is -2.23. The van der Waals surface area contributed by atoms with Crippen molar-refractivity contribution in [2.24, 2.45) is 0 Å². The first-order valence-electron chi connectivity index (χ1n) is 5.79. The quantitative estimate of drug-likeness (QED) is 0.562. The lowest BCUT2D eigenvalue weighted by atomic mass is 9.52. The lowest BCUT2D eigenvalue weighted by Crippen LogP contribution is -2.10. The summed E-state index contributed by atoms with van der Waals surface area (Å²) in [6.45, 7) is 4.56. The first kappa shape index (κ1) is 11.2. The molecule has 0 amide bonds. The van der Waals surface area contributed by atoms with Gasteiger partial charge in [0.15, 0.2) is 0 Å². The molecule has 0 aliphatic heterocycles. The molecule has 0 atom stereocenters. The highest BCUT2D eigenvalue weighted by Gasteiger charge is 2.15. The molecule has 0 nitrogen and oxygen atoms in total. The molecule has 0 heterocycles. The molecule has 0 aromatic carbocycles. The summed E-state index contributed by atoms with van der Waals surface area (Å²) in [4.78, 5) is 0. The van der Waals surface area contributed by atoms with Gasteiger partial charge in [0.05, 0.1) is 7.85 Å². The van der Waals surface area contributed by atoms with Crippen LogP contribution in [0.5, 0.6) is 0 Å². The Balaban J connectivity index is 2.24. The van der Waals surface area contributed by atoms with E-state index in [1.54, 1.807) is 0 Å². The SMILES string of the molecule is [B]C1CCCC([B]C(C)C)CCC1. The van der Waals surface area contributed by atoms with Gasteiger partial charge in [-0.25, -0.2) is 0 Å². The van der Waals surface area contributed by atoms with E-state index in [9.17, 15) is 0 Å². The van der Waals surface area contributed by atoms with E-state index in [4.69, 9.17) is 7.85 Å². The van der Waals surface area contributed by atoms with Crippen LogP contribution >= 0.6 is 0 Å². The first-order valence-corrected chi connectivity index (χ1v) is 5.79. The highest BCUT2D eigenvalue weighted by molar-refractivity contribution is 6.39. The second-order valence-corrected chi connectivity index (χ2v) is 4.82. The van der Waals surface area contributed by atoms with Crippen LogP contribution in [-0.2, 0) is 0 Å². The Bertz CT molecular complexity index is 124. The highest BCUT2D eigenvalue weighted by Crippen LogP contribution is 2.31. The predicted octanol–water partition coefficient (Wildman–Crippen LogP) is 3.62. The minimum absolute atomic E-state index is 0.486. The van der Waals surface area contributed by atoms with Crippen LogP contribution in [0.25, 0.3) is 0 Å². The van der Waals surface area contributed by atoms with Gasteiger partial charge in [-0.05, 0) is 0 Å². The molecule has 3 radical (unpaired) electrons. The summed E-state index contributed by atoms with van der Waals surface area (Å²) in [6.07, 6.45) is 7.87. The van der Waals surface area contributed by atoms with E-state index in [0.29, 0.717) is 5.82 Å². The van der Waals surface area contributed by atoms with Gasteiger partial charge in [0.25, 0.3) is 0 Å². The number of hydrogen-bond donors (Lipinski definition) is 0. The molecule has 0 aromatic rings. The third-order valence-electron chi connectivity index (χ3n) is 2.96. The molecule has 13 heavy (non-hydrogen) atoms. The molecule has 0 N–H and O–H groups in total. The molecule has 1 saturated carbocycles. The zero-order valence-electron chi connectivity index (χ0n) is 9.13. The fourth-order valence-corrected chi connectivity index (χ4v) is 2.31. The fourth-order valence-electron chi connectivity index (χ4n) is 2.31. The predicted molar refractivity (Wildman–Crippen MR) is 61.8 cm³/mol. The second-order valence-electron chi connectivity index (χ2n) is 4.82. The van der Waals surface area contributed by atoms with Crippen molar-refractivity contribution in [1.82, 2.24) is 0 Å². The zero-order valence-corrected chi connectivity index (χ0v) is 9.13. The summed E-state index contributed by atoms with van der Waals surface area (Å²) >= 11 is 0. The molecule has 1 rings (SSSR count). The third kappa shape index (κ3) is 4.78. The average Bonchev–Trinajstić information content (AvgIpc) is 1.99. The van der Waals surface area contributed by atoms with E-state index in [0.717, 1.165) is 11.6 Å². The maximum atomic E-state index is 5.94. The molecule has 0 unspecified atom stereocenters. The van der Waals surface area contributed by atoms with Crippen molar-refractivity contribution in [1.29, 1.82) is 0 Å². The van der Waals surface area contributed by atoms with Crippen molar-refractivity contribution in [3.8, 4) is 0 Å². The molecular weight excluding hydrogens is 154 g/mol. The third-order valence-corrected chi connectivity index (χ3v) is 2.96. The standard InChI is InChI=1S/C11H21B2/c1-9(2)13-11-7-3-5-10(12)6-4-8-11/h9-11H,3-8H2,1-2H3. The smallest absolute Gasteiger partial charge is 0.0774 e. The van der Waals surface area contributed by atoms with Crippen LogP contribution in [0.4, 0.5) is 0 Å². The van der Waals surface area contributed by atoms with Crippen LogP contribution in [0.15, 0.2) is 0 Å². The molecule has 71 valence electrons. The Hall–Kier alpha value is 0.130. The van der Waals surface area contributed by atoms with E-state index in [2.05, 4.69) is 21.1 Å². The average molecular weight is 175 g/mol. The van der Waals surface area contributed by atoms with Crippen LogP contribution in [0.3, 0.4) is 0 Å². The van der Waals surface area contributed by atoms with Crippen molar-refractivity contribution in [3.63, 3.8) is 0 Å². The van der Waals surface area contributed by atoms with Crippen LogP contribution in [-0.4, -0.2) is 15.1 Å². The van der Waals surface area contributed by atoms with Crippen molar-refractivity contribution in [3.05, 3.63) is 0 Å². The summed E-state index contributed by atoms with van der Waals surface area (Å²) in [5.41, 5.74) is 0. The Morgan fingerprint density at radius 3 is 2.08 bits per heavy atom. The van der Waals surface area contributed by atoms with E-state index in [-0.39, 0.29) is 0 Å². The Labute approximate surface area is 85.5 Å². The number of hydrogen-bond acceptors (Lipinski definition) is 0. The van der Waals surface area contributed by atoms with Crippen LogP contribution < -0.4 is 0 Å². The summed E-state index contributed by atoms with van der Waals surface area (Å²) in [6, 6.07) is 0. The lowest BCUT2D eigenvalue weighted by molar-refractivity contribution is 0.499. The normalized spacial score (nSPS) is 31.0. The molecule has 1 fully saturated rings. The molecule has 1 aliphatic rings. The van der Waals surface area contributed by atoms with E-state index < -0.39 is 0 Å². The maximum absolute atomic E-state index is 5.94. The van der Waals surface area contributed by atoms with Gasteiger partial charge in [-0.15, -0.1) is 0 Å². The van der Waals surface area contributed by atoms with Crippen molar-refractivity contribution >= 4 is 15.1 Å². The van der Waals surface area contributed by atoms with E-state index in [1.165, 1.54) is 38.5 Å². The molecule has 1 aliphatic carbocycles. The van der Waals surface area contributed by atoms with E-state index >= 15 is 0 Å². The topological polar surface area (TPSA) is 0 Å². The Kier molecular flexibility index (Phi) is 4.98. The maximum Gasteiger partial charge on any atom is 0.117 e. The molecule has 0 spiro atoms. The second kappa shape index (κ2) is 5.78. The Morgan fingerprint density at radius 2 is 1.62 bits per heavy atom. The molecule has 2 heteroatoms. The minimum atomic E-state index is 0.486. The van der Waals surface area contributed by atoms with Crippen LogP contribution in [0.2, 0.25) is 17.5 Å². The van der Waals surface area contributed by atoms with Gasteiger partial charge in [0, 0.05) is 0 Å². The molecule has 0 aromatic heterocycles. The van der Waals surface area contributed by atoms with Gasteiger partial charge in [-0.1, -0.05) is 69.8 Å². The monoisotopic (exact) mass is 175 g/mol. The van der Waals surface area contributed by atoms with Gasteiger partial charge >= 0.3 is 0 Å². The largest absolute Gasteiger partial charge is 0.117 e. The van der Waals surface area contributed by atoms with Gasteiger partial charge in [0.1, 0.15) is 7.28 Å². The van der Waals surface area contributed by atoms with Gasteiger partial charge < -0.3 is 0 Å². The molecule has 0 bridgehead atoms. The summed E-state index contributed by atoms with van der Waals surface area (Å²) < 4.78 is 0. The van der Waals surface area contributed by atoms with Crippen molar-refractivity contribution in [2.45, 2.75) is 69.8 Å². The van der Waals surface area contributed by atoms with Gasteiger partial charge in [0.2, 0.25) is 0 Å². The number of rotatable bonds is 2. The highest BCUT2D eigenvalue weighted by atomic mass is 14.1. The van der Waals surface area contributed by atoms with Gasteiger partial charge in [-0.2, -0.15) is 0 Å². The summed E-state index contributed by atoms with van der Waals surface area (Å²) in [5.74, 6) is 2.10. The summed E-state index contributed by atoms with van der Waals surface area (Å²) in [7, 11) is 8.47. The zero-order chi connectivity index (χ0) is 9.68. The fraction of sp³-hybridized carbons (Fsp3) is 1.00.